The van der Waals surface area contributed by atoms with Gasteiger partial charge in [-0.2, -0.15) is 0 Å². The first-order valence-corrected chi connectivity index (χ1v) is 7.79. The van der Waals surface area contributed by atoms with Gasteiger partial charge in [0, 0.05) is 5.88 Å². The van der Waals surface area contributed by atoms with Gasteiger partial charge in [-0.25, -0.2) is 0 Å². The Hall–Kier alpha value is -1.27. The Kier molecular flexibility index (Phi) is 5.25. The topological polar surface area (TPSA) is 0 Å². The Morgan fingerprint density at radius 3 is 2.15 bits per heavy atom. The smallest absolute Gasteiger partial charge is 0.0258 e. The minimum absolute atomic E-state index is 0.500. The summed E-state index contributed by atoms with van der Waals surface area (Å²) in [6.07, 6.45) is 2.11. The fourth-order valence-electron chi connectivity index (χ4n) is 2.57. The molecule has 0 aliphatic heterocycles. The summed E-state index contributed by atoms with van der Waals surface area (Å²) in [6, 6.07) is 15.5. The van der Waals surface area contributed by atoms with E-state index in [0.717, 1.165) is 12.8 Å². The van der Waals surface area contributed by atoms with E-state index in [4.69, 9.17) is 11.6 Å². The summed E-state index contributed by atoms with van der Waals surface area (Å²) in [4.78, 5) is 0. The van der Waals surface area contributed by atoms with Crippen molar-refractivity contribution in [3.63, 3.8) is 0 Å². The second kappa shape index (κ2) is 6.95. The Morgan fingerprint density at radius 1 is 0.850 bits per heavy atom. The van der Waals surface area contributed by atoms with Crippen molar-refractivity contribution in [1.29, 1.82) is 0 Å². The number of hydrogen-bond acceptors (Lipinski definition) is 0. The monoisotopic (exact) mass is 286 g/mol. The SMILES string of the molecule is Cc1ccc(CC(CCl)Cc2cc(C)ccc2C)cc1. The summed E-state index contributed by atoms with van der Waals surface area (Å²) in [7, 11) is 0. The van der Waals surface area contributed by atoms with Crippen LogP contribution in [-0.4, -0.2) is 5.88 Å². The van der Waals surface area contributed by atoms with Crippen LogP contribution in [0.25, 0.3) is 0 Å². The largest absolute Gasteiger partial charge is 0.126 e. The maximum absolute atomic E-state index is 6.19. The molecule has 0 spiro atoms. The van der Waals surface area contributed by atoms with Crippen molar-refractivity contribution in [2.75, 3.05) is 5.88 Å². The first kappa shape index (κ1) is 15.1. The zero-order valence-electron chi connectivity index (χ0n) is 12.6. The summed E-state index contributed by atoms with van der Waals surface area (Å²) in [5.74, 6) is 1.21. The van der Waals surface area contributed by atoms with Crippen molar-refractivity contribution in [3.8, 4) is 0 Å². The standard InChI is InChI=1S/C19H23Cl/c1-14-5-8-17(9-6-14)11-18(13-20)12-19-10-15(2)4-7-16(19)3/h4-10,18H,11-13H2,1-3H3. The van der Waals surface area contributed by atoms with Crippen LogP contribution in [0.3, 0.4) is 0 Å². The van der Waals surface area contributed by atoms with Gasteiger partial charge in [0.25, 0.3) is 0 Å². The normalized spacial score (nSPS) is 12.4. The van der Waals surface area contributed by atoms with Gasteiger partial charge >= 0.3 is 0 Å². The molecule has 0 N–H and O–H groups in total. The molecule has 0 aromatic heterocycles. The van der Waals surface area contributed by atoms with E-state index in [1.54, 1.807) is 0 Å². The lowest BCUT2D eigenvalue weighted by molar-refractivity contribution is 0.582. The number of hydrogen-bond donors (Lipinski definition) is 0. The zero-order chi connectivity index (χ0) is 14.5. The molecule has 0 fully saturated rings. The van der Waals surface area contributed by atoms with Crippen molar-refractivity contribution >= 4 is 11.6 Å². The van der Waals surface area contributed by atoms with Gasteiger partial charge in [-0.05, 0) is 56.2 Å². The number of aryl methyl sites for hydroxylation is 3. The lowest BCUT2D eigenvalue weighted by Gasteiger charge is -2.16. The third kappa shape index (κ3) is 4.11. The molecule has 0 heterocycles. The third-order valence-corrected chi connectivity index (χ3v) is 4.31. The Morgan fingerprint density at radius 2 is 1.50 bits per heavy atom. The molecule has 2 rings (SSSR count). The van der Waals surface area contributed by atoms with E-state index >= 15 is 0 Å². The Labute approximate surface area is 127 Å². The zero-order valence-corrected chi connectivity index (χ0v) is 13.4. The Bertz CT molecular complexity index is 554. The van der Waals surface area contributed by atoms with E-state index in [9.17, 15) is 0 Å². The second-order valence-electron chi connectivity index (χ2n) is 5.84. The summed E-state index contributed by atoms with van der Waals surface area (Å²) in [6.45, 7) is 6.46. The van der Waals surface area contributed by atoms with Gasteiger partial charge in [0.05, 0.1) is 0 Å². The van der Waals surface area contributed by atoms with Crippen LogP contribution >= 0.6 is 11.6 Å². The van der Waals surface area contributed by atoms with Gasteiger partial charge in [0.2, 0.25) is 0 Å². The third-order valence-electron chi connectivity index (χ3n) is 3.88. The Balaban J connectivity index is 2.08. The minimum Gasteiger partial charge on any atom is -0.126 e. The van der Waals surface area contributed by atoms with Gasteiger partial charge < -0.3 is 0 Å². The number of rotatable bonds is 5. The van der Waals surface area contributed by atoms with Gasteiger partial charge in [-0.3, -0.25) is 0 Å². The van der Waals surface area contributed by atoms with Crippen molar-refractivity contribution in [2.24, 2.45) is 5.92 Å². The van der Waals surface area contributed by atoms with E-state index in [1.165, 1.54) is 27.8 Å². The minimum atomic E-state index is 0.500. The number of benzene rings is 2. The highest BCUT2D eigenvalue weighted by molar-refractivity contribution is 6.18. The van der Waals surface area contributed by atoms with E-state index in [0.29, 0.717) is 11.8 Å². The highest BCUT2D eigenvalue weighted by atomic mass is 35.5. The maximum Gasteiger partial charge on any atom is 0.0258 e. The molecule has 0 saturated heterocycles. The first-order chi connectivity index (χ1) is 9.58. The molecule has 0 nitrogen and oxygen atoms in total. The van der Waals surface area contributed by atoms with Crippen LogP contribution in [0.1, 0.15) is 27.8 Å². The molecule has 0 saturated carbocycles. The lowest BCUT2D eigenvalue weighted by atomic mass is 9.91. The predicted octanol–water partition coefficient (Wildman–Crippen LogP) is 5.25. The van der Waals surface area contributed by atoms with Gasteiger partial charge in [-0.1, -0.05) is 53.6 Å². The van der Waals surface area contributed by atoms with Crippen LogP contribution in [0.15, 0.2) is 42.5 Å². The van der Waals surface area contributed by atoms with Crippen molar-refractivity contribution < 1.29 is 0 Å². The molecule has 106 valence electrons. The molecule has 0 bridgehead atoms. The molecule has 0 aliphatic rings. The van der Waals surface area contributed by atoms with Crippen LogP contribution in [0.5, 0.6) is 0 Å². The molecule has 1 atom stereocenters. The van der Waals surface area contributed by atoms with E-state index in [-0.39, 0.29) is 0 Å². The summed E-state index contributed by atoms with van der Waals surface area (Å²) < 4.78 is 0. The quantitative estimate of drug-likeness (QED) is 0.658. The predicted molar refractivity (Wildman–Crippen MR) is 88.7 cm³/mol. The first-order valence-electron chi connectivity index (χ1n) is 7.26. The van der Waals surface area contributed by atoms with E-state index in [2.05, 4.69) is 63.2 Å². The molecule has 0 radical (unpaired) electrons. The van der Waals surface area contributed by atoms with Gasteiger partial charge in [0.1, 0.15) is 0 Å². The summed E-state index contributed by atoms with van der Waals surface area (Å²) in [5.41, 5.74) is 6.82. The van der Waals surface area contributed by atoms with Crippen molar-refractivity contribution in [2.45, 2.75) is 33.6 Å². The van der Waals surface area contributed by atoms with Crippen LogP contribution in [0.2, 0.25) is 0 Å². The van der Waals surface area contributed by atoms with Crippen LogP contribution in [0, 0.1) is 26.7 Å². The molecule has 20 heavy (non-hydrogen) atoms. The molecule has 2 aromatic rings. The average Bonchev–Trinajstić information content (AvgIpc) is 2.44. The highest BCUT2D eigenvalue weighted by Crippen LogP contribution is 2.20. The van der Waals surface area contributed by atoms with E-state index in [1.807, 2.05) is 0 Å². The van der Waals surface area contributed by atoms with Crippen LogP contribution in [0.4, 0.5) is 0 Å². The van der Waals surface area contributed by atoms with Gasteiger partial charge in [0.15, 0.2) is 0 Å². The number of halogens is 1. The highest BCUT2D eigenvalue weighted by Gasteiger charge is 2.11. The van der Waals surface area contributed by atoms with E-state index < -0.39 is 0 Å². The summed E-state index contributed by atoms with van der Waals surface area (Å²) >= 11 is 6.19. The number of alkyl halides is 1. The molecule has 1 heteroatoms. The fourth-order valence-corrected chi connectivity index (χ4v) is 2.79. The van der Waals surface area contributed by atoms with Crippen LogP contribution in [-0.2, 0) is 12.8 Å². The molecule has 0 aliphatic carbocycles. The molecular weight excluding hydrogens is 264 g/mol. The molecule has 2 aromatic carbocycles. The molecular formula is C19H23Cl. The fraction of sp³-hybridized carbons (Fsp3) is 0.368. The van der Waals surface area contributed by atoms with Crippen molar-refractivity contribution in [1.82, 2.24) is 0 Å². The molecule has 1 unspecified atom stereocenters. The van der Waals surface area contributed by atoms with Gasteiger partial charge in [-0.15, -0.1) is 11.6 Å². The van der Waals surface area contributed by atoms with Crippen molar-refractivity contribution in [3.05, 3.63) is 70.3 Å². The average molecular weight is 287 g/mol. The lowest BCUT2D eigenvalue weighted by Crippen LogP contribution is -2.11. The molecule has 0 amide bonds. The second-order valence-corrected chi connectivity index (χ2v) is 6.15. The summed E-state index contributed by atoms with van der Waals surface area (Å²) in [5, 5.41) is 0. The maximum atomic E-state index is 6.19. The van der Waals surface area contributed by atoms with Crippen LogP contribution < -0.4 is 0 Å².